The van der Waals surface area contributed by atoms with Crippen molar-refractivity contribution in [3.63, 3.8) is 0 Å². The molecule has 1 aromatic heterocycles. The lowest BCUT2D eigenvalue weighted by atomic mass is 9.97. The molecule has 3 aliphatic heterocycles. The third kappa shape index (κ3) is 7.41. The van der Waals surface area contributed by atoms with Crippen LogP contribution in [-0.4, -0.2) is 162 Å². The molecule has 54 heavy (non-hydrogen) atoms. The Morgan fingerprint density at radius 3 is 2.00 bits per heavy atom. The second-order valence-corrected chi connectivity index (χ2v) is 13.3. The second kappa shape index (κ2) is 15.7. The van der Waals surface area contributed by atoms with Gasteiger partial charge in [0.15, 0.2) is 29.8 Å². The zero-order valence-electron chi connectivity index (χ0n) is 28.8. The summed E-state index contributed by atoms with van der Waals surface area (Å²) < 4.78 is 44.9. The first kappa shape index (κ1) is 39.8. The zero-order valence-corrected chi connectivity index (χ0v) is 28.8. The van der Waals surface area contributed by atoms with Crippen LogP contribution in [0.1, 0.15) is 13.8 Å². The number of phenolic OH excluding ortho intramolecular Hbond substituents is 3. The molecule has 0 amide bonds. The number of hydrogen-bond acceptors (Lipinski definition) is 20. The van der Waals surface area contributed by atoms with Gasteiger partial charge in [0.2, 0.25) is 17.5 Å². The summed E-state index contributed by atoms with van der Waals surface area (Å²) in [6.07, 6.45) is -24.3. The summed E-state index contributed by atoms with van der Waals surface area (Å²) in [5.41, 5.74) is -1.20. The van der Waals surface area contributed by atoms with Crippen LogP contribution in [-0.2, 0) is 23.7 Å². The van der Waals surface area contributed by atoms with E-state index in [0.717, 1.165) is 18.2 Å². The molecule has 2 aromatic carbocycles. The van der Waals surface area contributed by atoms with Crippen LogP contribution in [0.3, 0.4) is 0 Å². The van der Waals surface area contributed by atoms with Gasteiger partial charge in [-0.1, -0.05) is 0 Å². The van der Waals surface area contributed by atoms with Crippen LogP contribution in [0.2, 0.25) is 0 Å². The van der Waals surface area contributed by atoms with Gasteiger partial charge >= 0.3 is 0 Å². The van der Waals surface area contributed by atoms with Gasteiger partial charge in [0.05, 0.1) is 25.9 Å². The molecule has 6 rings (SSSR count). The molecule has 0 spiro atoms. The molecule has 0 radical (unpaired) electrons. The Kier molecular flexibility index (Phi) is 11.6. The van der Waals surface area contributed by atoms with Gasteiger partial charge in [-0.15, -0.1) is 0 Å². The number of phenols is 3. The Balaban J connectivity index is 1.24. The lowest BCUT2D eigenvalue weighted by Gasteiger charge is -2.46. The van der Waals surface area contributed by atoms with Crippen LogP contribution >= 0.6 is 0 Å². The van der Waals surface area contributed by atoms with Crippen LogP contribution in [0.4, 0.5) is 0 Å². The van der Waals surface area contributed by atoms with E-state index in [1.165, 1.54) is 33.1 Å². The summed E-state index contributed by atoms with van der Waals surface area (Å²) in [5.74, 6) is -2.63. The van der Waals surface area contributed by atoms with Gasteiger partial charge in [-0.2, -0.15) is 0 Å². The summed E-state index contributed by atoms with van der Waals surface area (Å²) >= 11 is 0. The van der Waals surface area contributed by atoms with Crippen LogP contribution in [0.25, 0.3) is 22.3 Å². The van der Waals surface area contributed by atoms with E-state index >= 15 is 0 Å². The summed E-state index contributed by atoms with van der Waals surface area (Å²) in [6, 6.07) is 5.81. The third-order valence-corrected chi connectivity index (χ3v) is 9.59. The van der Waals surface area contributed by atoms with Crippen molar-refractivity contribution < 1.29 is 93.7 Å². The molecule has 0 bridgehead atoms. The molecule has 20 heteroatoms. The van der Waals surface area contributed by atoms with E-state index in [0.29, 0.717) is 0 Å². The highest BCUT2D eigenvalue weighted by Gasteiger charge is 2.51. The van der Waals surface area contributed by atoms with Crippen molar-refractivity contribution in [3.8, 4) is 40.1 Å². The van der Waals surface area contributed by atoms with Gasteiger partial charge in [-0.25, -0.2) is 0 Å². The predicted molar refractivity (Wildman–Crippen MR) is 176 cm³/mol. The normalized spacial score (nSPS) is 37.3. The number of aliphatic hydroxyl groups is 8. The molecule has 0 aliphatic carbocycles. The number of hydrogen-bond donors (Lipinski definition) is 11. The number of aliphatic hydroxyl groups excluding tert-OH is 8. The average molecular weight is 771 g/mol. The molecule has 3 aliphatic rings. The van der Waals surface area contributed by atoms with E-state index < -0.39 is 127 Å². The van der Waals surface area contributed by atoms with Crippen molar-refractivity contribution in [1.82, 2.24) is 0 Å². The number of aromatic hydroxyl groups is 3. The quantitative estimate of drug-likeness (QED) is 0.0999. The average Bonchev–Trinajstić information content (AvgIpc) is 3.14. The number of rotatable bonds is 9. The lowest BCUT2D eigenvalue weighted by molar-refractivity contribution is -0.358. The maximum absolute atomic E-state index is 13.9. The van der Waals surface area contributed by atoms with E-state index in [4.69, 9.17) is 37.6 Å². The van der Waals surface area contributed by atoms with Crippen LogP contribution in [0.5, 0.6) is 28.7 Å². The van der Waals surface area contributed by atoms with Crippen LogP contribution < -0.4 is 14.9 Å². The highest BCUT2D eigenvalue weighted by Crippen LogP contribution is 2.40. The maximum atomic E-state index is 13.9. The third-order valence-electron chi connectivity index (χ3n) is 9.59. The second-order valence-electron chi connectivity index (χ2n) is 13.3. The van der Waals surface area contributed by atoms with E-state index in [-0.39, 0.29) is 28.0 Å². The number of ether oxygens (including phenoxy) is 7. The van der Waals surface area contributed by atoms with Gasteiger partial charge in [0.25, 0.3) is 0 Å². The van der Waals surface area contributed by atoms with Gasteiger partial charge in [0.1, 0.15) is 83.5 Å². The SMILES string of the molecule is COc1cc(O)c2c(=O)c(O[C@H]3O[C@@H](CO[C@H]4O[C@H](C)[C@@H](O)[C@H](O[C@H]5O[C@H](C)[C@@H](O)[C@H](O)[C@@H]5O)[C@@H]4O)[C@@H](O)[C@@H](O)[C@@H]3O)c(-c3ccc(O)c(O)c3)oc2c1. The summed E-state index contributed by atoms with van der Waals surface area (Å²) in [7, 11) is 1.31. The largest absolute Gasteiger partial charge is 0.507 e. The molecule has 298 valence electrons. The van der Waals surface area contributed by atoms with Crippen molar-refractivity contribution in [3.05, 3.63) is 40.6 Å². The number of methoxy groups -OCH3 is 1. The molecule has 11 N–H and O–H groups in total. The topological polar surface area (TPSA) is 317 Å². The van der Waals surface area contributed by atoms with Crippen molar-refractivity contribution >= 4 is 11.0 Å². The van der Waals surface area contributed by atoms with E-state index in [1.807, 2.05) is 0 Å². The maximum Gasteiger partial charge on any atom is 0.239 e. The Morgan fingerprint density at radius 2 is 1.31 bits per heavy atom. The van der Waals surface area contributed by atoms with E-state index in [9.17, 15) is 61.0 Å². The van der Waals surface area contributed by atoms with Crippen molar-refractivity contribution in [2.45, 2.75) is 106 Å². The monoisotopic (exact) mass is 770 g/mol. The summed E-state index contributed by atoms with van der Waals surface area (Å²) in [5, 5.41) is 115. The molecular formula is C34H42O20. The zero-order chi connectivity index (χ0) is 39.3. The minimum atomic E-state index is -2.01. The molecule has 3 fully saturated rings. The Bertz CT molecular complexity index is 1850. The van der Waals surface area contributed by atoms with Crippen molar-refractivity contribution in [2.24, 2.45) is 0 Å². The van der Waals surface area contributed by atoms with Gasteiger partial charge in [-0.3, -0.25) is 4.79 Å². The number of fused-ring (bicyclic) bond motifs is 1. The highest BCUT2D eigenvalue weighted by atomic mass is 16.7. The van der Waals surface area contributed by atoms with Gasteiger partial charge in [0, 0.05) is 17.7 Å². The molecule has 0 unspecified atom stereocenters. The van der Waals surface area contributed by atoms with Crippen molar-refractivity contribution in [2.75, 3.05) is 13.7 Å². The highest BCUT2D eigenvalue weighted by molar-refractivity contribution is 5.88. The molecule has 3 aromatic rings. The molecule has 15 atom stereocenters. The van der Waals surface area contributed by atoms with E-state index in [1.54, 1.807) is 0 Å². The first-order valence-corrected chi connectivity index (χ1v) is 16.8. The molecule has 4 heterocycles. The number of benzene rings is 2. The van der Waals surface area contributed by atoms with Gasteiger partial charge < -0.3 is 93.7 Å². The predicted octanol–water partition coefficient (Wildman–Crippen LogP) is -2.53. The first-order chi connectivity index (χ1) is 25.5. The Labute approximate surface area is 305 Å². The van der Waals surface area contributed by atoms with E-state index in [2.05, 4.69) is 0 Å². The Hall–Kier alpha value is -3.87. The minimum absolute atomic E-state index is 0.0184. The van der Waals surface area contributed by atoms with Gasteiger partial charge in [-0.05, 0) is 32.0 Å². The summed E-state index contributed by atoms with van der Waals surface area (Å²) in [4.78, 5) is 13.9. The molecular weight excluding hydrogens is 728 g/mol. The molecule has 20 nitrogen and oxygen atoms in total. The fraction of sp³-hybridized carbons (Fsp3) is 0.559. The standard InChI is InChI=1S/C34H42O20/c1-10-20(38)24(42)26(44)33(50-10)53-30-21(39)11(2)49-32(28(30)46)48-9-18-22(40)25(43)27(45)34(52-18)54-31-23(41)19-16(37)7-13(47-3)8-17(19)51-29(31)12-4-5-14(35)15(36)6-12/h4-8,10-11,18,20-22,24-28,30,32-40,42-46H,9H2,1-3H3/t10-,11-,18+,20-,21-,22-,24+,25-,26+,27+,28+,30+,32+,33-,34-/m1/s1. The fourth-order valence-electron chi connectivity index (χ4n) is 6.37. The summed E-state index contributed by atoms with van der Waals surface area (Å²) in [6.45, 7) is 2.14. The smallest absolute Gasteiger partial charge is 0.239 e. The van der Waals surface area contributed by atoms with Crippen LogP contribution in [0.15, 0.2) is 39.5 Å². The molecule has 3 saturated heterocycles. The molecule has 0 saturated carbocycles. The Morgan fingerprint density at radius 1 is 0.667 bits per heavy atom. The van der Waals surface area contributed by atoms with Crippen molar-refractivity contribution in [1.29, 1.82) is 0 Å². The minimum Gasteiger partial charge on any atom is -0.507 e. The van der Waals surface area contributed by atoms with Crippen LogP contribution in [0, 0.1) is 0 Å². The first-order valence-electron chi connectivity index (χ1n) is 16.8. The fourth-order valence-corrected chi connectivity index (χ4v) is 6.37. The lowest BCUT2D eigenvalue weighted by Crippen LogP contribution is -2.64.